The molecule has 1 atom stereocenters. The monoisotopic (exact) mass is 353 g/mol. The maximum absolute atomic E-state index is 12.2. The summed E-state index contributed by atoms with van der Waals surface area (Å²) >= 11 is 3.43. The molecule has 1 aromatic carbocycles. The van der Waals surface area contributed by atoms with Gasteiger partial charge in [0.2, 0.25) is 0 Å². The molecule has 0 amide bonds. The van der Waals surface area contributed by atoms with Gasteiger partial charge in [0.15, 0.2) is 0 Å². The summed E-state index contributed by atoms with van der Waals surface area (Å²) in [6.07, 6.45) is -4.29. The molecular weight excluding hydrogens is 335 g/mol. The lowest BCUT2D eigenvalue weighted by molar-refractivity contribution is -0.174. The van der Waals surface area contributed by atoms with Crippen LogP contribution in [-0.2, 0) is 4.74 Å². The second-order valence-electron chi connectivity index (χ2n) is 4.91. The van der Waals surface area contributed by atoms with Gasteiger partial charge < -0.3 is 10.1 Å². The average Bonchev–Trinajstić information content (AvgIpc) is 2.33. The van der Waals surface area contributed by atoms with Gasteiger partial charge in [-0.15, -0.1) is 0 Å². The predicted molar refractivity (Wildman–Crippen MR) is 76.9 cm³/mol. The molecule has 0 aliphatic carbocycles. The van der Waals surface area contributed by atoms with Crippen LogP contribution < -0.4 is 5.32 Å². The molecule has 0 radical (unpaired) electrons. The van der Waals surface area contributed by atoms with Crippen LogP contribution in [0.15, 0.2) is 28.7 Å². The van der Waals surface area contributed by atoms with Crippen molar-refractivity contribution in [1.29, 1.82) is 0 Å². The fourth-order valence-electron chi connectivity index (χ4n) is 1.76. The van der Waals surface area contributed by atoms with E-state index >= 15 is 0 Å². The average molecular weight is 354 g/mol. The van der Waals surface area contributed by atoms with Crippen molar-refractivity contribution in [3.63, 3.8) is 0 Å². The van der Waals surface area contributed by atoms with Gasteiger partial charge in [-0.25, -0.2) is 0 Å². The van der Waals surface area contributed by atoms with E-state index in [4.69, 9.17) is 4.74 Å². The third-order valence-corrected chi connectivity index (χ3v) is 3.42. The summed E-state index contributed by atoms with van der Waals surface area (Å²) in [4.78, 5) is 0. The van der Waals surface area contributed by atoms with Gasteiger partial charge in [0.25, 0.3) is 0 Å². The zero-order valence-electron chi connectivity index (χ0n) is 11.5. The van der Waals surface area contributed by atoms with Crippen molar-refractivity contribution in [2.75, 3.05) is 19.8 Å². The number of nitrogens with one attached hydrogen (secondary N) is 1. The Morgan fingerprint density at radius 2 is 1.90 bits per heavy atom. The highest BCUT2D eigenvalue weighted by Gasteiger charge is 2.28. The van der Waals surface area contributed by atoms with E-state index in [0.717, 1.165) is 10.0 Å². The van der Waals surface area contributed by atoms with Crippen LogP contribution in [-0.4, -0.2) is 32.0 Å². The number of ether oxygens (including phenoxy) is 1. The number of hydrogen-bond acceptors (Lipinski definition) is 2. The molecule has 0 saturated heterocycles. The first-order valence-corrected chi connectivity index (χ1v) is 7.21. The van der Waals surface area contributed by atoms with E-state index in [0.29, 0.717) is 6.54 Å². The van der Waals surface area contributed by atoms with Gasteiger partial charge in [-0.1, -0.05) is 48.0 Å². The zero-order valence-corrected chi connectivity index (χ0v) is 13.1. The molecule has 20 heavy (non-hydrogen) atoms. The van der Waals surface area contributed by atoms with Crippen LogP contribution in [0, 0.1) is 0 Å². The molecule has 0 bridgehead atoms. The van der Waals surface area contributed by atoms with Gasteiger partial charge >= 0.3 is 6.18 Å². The van der Waals surface area contributed by atoms with Crippen LogP contribution >= 0.6 is 15.9 Å². The van der Waals surface area contributed by atoms with Crippen LogP contribution in [0.3, 0.4) is 0 Å². The first-order chi connectivity index (χ1) is 9.29. The first kappa shape index (κ1) is 17.5. The Hall–Kier alpha value is -0.590. The van der Waals surface area contributed by atoms with E-state index in [1.54, 1.807) is 0 Å². The minimum atomic E-state index is -4.29. The van der Waals surface area contributed by atoms with Gasteiger partial charge in [-0.3, -0.25) is 0 Å². The summed E-state index contributed by atoms with van der Waals surface area (Å²) in [6.45, 7) is 3.37. The molecule has 0 aromatic heterocycles. The van der Waals surface area contributed by atoms with Crippen LogP contribution in [0.1, 0.15) is 25.3 Å². The Bertz CT molecular complexity index is 410. The number of hydrogen-bond donors (Lipinski definition) is 1. The van der Waals surface area contributed by atoms with Crippen molar-refractivity contribution < 1.29 is 17.9 Å². The van der Waals surface area contributed by atoms with E-state index in [1.165, 1.54) is 0 Å². The molecule has 114 valence electrons. The Morgan fingerprint density at radius 1 is 1.25 bits per heavy atom. The quantitative estimate of drug-likeness (QED) is 0.796. The molecule has 0 aliphatic heterocycles. The van der Waals surface area contributed by atoms with E-state index in [-0.39, 0.29) is 18.6 Å². The highest BCUT2D eigenvalue weighted by atomic mass is 79.9. The zero-order chi connectivity index (χ0) is 15.2. The summed E-state index contributed by atoms with van der Waals surface area (Å²) in [5.41, 5.74) is 0.947. The summed E-state index contributed by atoms with van der Waals surface area (Å²) < 4.78 is 42.2. The summed E-state index contributed by atoms with van der Waals surface area (Å²) in [5, 5.41) is 3.24. The van der Waals surface area contributed by atoms with Gasteiger partial charge in [0.1, 0.15) is 6.61 Å². The predicted octanol–water partition coefficient (Wildman–Crippen LogP) is 4.11. The molecule has 1 rings (SSSR count). The molecule has 0 saturated carbocycles. The minimum Gasteiger partial charge on any atom is -0.371 e. The van der Waals surface area contributed by atoms with Crippen molar-refractivity contribution in [3.8, 4) is 0 Å². The highest BCUT2D eigenvalue weighted by molar-refractivity contribution is 9.10. The summed E-state index contributed by atoms with van der Waals surface area (Å²) in [5.74, 6) is -0.129. The van der Waals surface area contributed by atoms with E-state index in [9.17, 15) is 13.2 Å². The molecule has 6 heteroatoms. The largest absolute Gasteiger partial charge is 0.411 e. The second kappa shape index (κ2) is 8.00. The number of halogens is 4. The summed E-state index contributed by atoms with van der Waals surface area (Å²) in [6, 6.07) is 7.78. The number of benzene rings is 1. The summed E-state index contributed by atoms with van der Waals surface area (Å²) in [7, 11) is 0. The topological polar surface area (TPSA) is 21.3 Å². The lowest BCUT2D eigenvalue weighted by Crippen LogP contribution is -2.31. The maximum Gasteiger partial charge on any atom is 0.411 e. The van der Waals surface area contributed by atoms with Crippen LogP contribution in [0.2, 0.25) is 0 Å². The lowest BCUT2D eigenvalue weighted by atomic mass is 10.00. The van der Waals surface area contributed by atoms with Gasteiger partial charge in [0.05, 0.1) is 6.61 Å². The Kier molecular flexibility index (Phi) is 6.99. The molecule has 0 spiro atoms. The van der Waals surface area contributed by atoms with Crippen molar-refractivity contribution in [2.45, 2.75) is 32.0 Å². The molecule has 0 fully saturated rings. The standard InChI is InChI=1S/C14H19BrF3NO/c1-10(2)19-7-11(8-20-9-14(16,17)18)12-5-3-4-6-13(12)15/h3-6,10-11,19H,7-9H2,1-2H3. The third-order valence-electron chi connectivity index (χ3n) is 2.70. The Morgan fingerprint density at radius 3 is 2.45 bits per heavy atom. The van der Waals surface area contributed by atoms with Crippen molar-refractivity contribution in [1.82, 2.24) is 5.32 Å². The Balaban J connectivity index is 2.68. The fourth-order valence-corrected chi connectivity index (χ4v) is 2.37. The third kappa shape index (κ3) is 6.72. The lowest BCUT2D eigenvalue weighted by Gasteiger charge is -2.21. The normalized spacial score (nSPS) is 13.8. The van der Waals surface area contributed by atoms with E-state index in [2.05, 4.69) is 21.2 Å². The molecule has 0 heterocycles. The van der Waals surface area contributed by atoms with Crippen molar-refractivity contribution in [3.05, 3.63) is 34.3 Å². The van der Waals surface area contributed by atoms with Crippen LogP contribution in [0.25, 0.3) is 0 Å². The minimum absolute atomic E-state index is 0.0296. The number of rotatable bonds is 7. The molecule has 1 N–H and O–H groups in total. The molecular formula is C14H19BrF3NO. The number of alkyl halides is 3. The van der Waals surface area contributed by atoms with E-state index < -0.39 is 12.8 Å². The molecule has 1 unspecified atom stereocenters. The molecule has 0 aliphatic rings. The first-order valence-electron chi connectivity index (χ1n) is 6.42. The SMILES string of the molecule is CC(C)NCC(COCC(F)(F)F)c1ccccc1Br. The van der Waals surface area contributed by atoms with Gasteiger partial charge in [-0.05, 0) is 11.6 Å². The van der Waals surface area contributed by atoms with Crippen LogP contribution in [0.5, 0.6) is 0 Å². The van der Waals surface area contributed by atoms with Crippen LogP contribution in [0.4, 0.5) is 13.2 Å². The smallest absolute Gasteiger partial charge is 0.371 e. The molecule has 2 nitrogen and oxygen atoms in total. The van der Waals surface area contributed by atoms with Crippen molar-refractivity contribution in [2.24, 2.45) is 0 Å². The maximum atomic E-state index is 12.2. The van der Waals surface area contributed by atoms with Gasteiger partial charge in [0, 0.05) is 23.0 Å². The van der Waals surface area contributed by atoms with Crippen molar-refractivity contribution >= 4 is 15.9 Å². The second-order valence-corrected chi connectivity index (χ2v) is 5.77. The highest BCUT2D eigenvalue weighted by Crippen LogP contribution is 2.25. The fraction of sp³-hybridized carbons (Fsp3) is 0.571. The molecule has 1 aromatic rings. The van der Waals surface area contributed by atoms with E-state index in [1.807, 2.05) is 38.1 Å². The Labute approximate surface area is 125 Å². The van der Waals surface area contributed by atoms with Gasteiger partial charge in [-0.2, -0.15) is 13.2 Å².